The highest BCUT2D eigenvalue weighted by Crippen LogP contribution is 2.37. The third-order valence-electron chi connectivity index (χ3n) is 5.64. The molecule has 4 aromatic rings. The van der Waals surface area contributed by atoms with Crippen LogP contribution in [0.4, 0.5) is 0 Å². The van der Waals surface area contributed by atoms with Gasteiger partial charge in [0.25, 0.3) is 0 Å². The molecule has 0 fully saturated rings. The van der Waals surface area contributed by atoms with Crippen molar-refractivity contribution in [3.05, 3.63) is 70.8 Å². The molecule has 1 aliphatic carbocycles. The summed E-state index contributed by atoms with van der Waals surface area (Å²) in [7, 11) is 0. The van der Waals surface area contributed by atoms with Crippen molar-refractivity contribution in [3.63, 3.8) is 0 Å². The Balaban J connectivity index is 1.92. The van der Waals surface area contributed by atoms with E-state index in [0.29, 0.717) is 0 Å². The van der Waals surface area contributed by atoms with Crippen LogP contribution >= 0.6 is 0 Å². The Morgan fingerprint density at radius 3 is 1.56 bits per heavy atom. The predicted octanol–water partition coefficient (Wildman–Crippen LogP) is 5.56. The quantitative estimate of drug-likeness (QED) is 0.423. The number of fused-ring (bicyclic) bond motifs is 5. The van der Waals surface area contributed by atoms with Gasteiger partial charge in [0.2, 0.25) is 0 Å². The molecular weight excluding hydrogens is 304 g/mol. The predicted molar refractivity (Wildman–Crippen MR) is 104 cm³/mol. The van der Waals surface area contributed by atoms with E-state index in [0.717, 1.165) is 41.7 Å². The molecule has 0 saturated carbocycles. The van der Waals surface area contributed by atoms with E-state index in [9.17, 15) is 0 Å². The topological polar surface area (TPSA) is 25.8 Å². The maximum Gasteiger partial charge on any atom is 0.0931 e. The van der Waals surface area contributed by atoms with Crippen LogP contribution < -0.4 is 0 Å². The van der Waals surface area contributed by atoms with Gasteiger partial charge in [-0.3, -0.25) is 0 Å². The first kappa shape index (κ1) is 14.6. The normalized spacial score (nSPS) is 13.5. The Bertz CT molecular complexity index is 1050. The van der Waals surface area contributed by atoms with E-state index in [-0.39, 0.29) is 0 Å². The molecule has 0 spiro atoms. The van der Waals surface area contributed by atoms with Gasteiger partial charge in [-0.2, -0.15) is 0 Å². The zero-order valence-corrected chi connectivity index (χ0v) is 14.6. The molecule has 0 saturated heterocycles. The minimum Gasteiger partial charge on any atom is -0.246 e. The van der Waals surface area contributed by atoms with Gasteiger partial charge >= 0.3 is 0 Å². The van der Waals surface area contributed by atoms with Gasteiger partial charge in [0, 0.05) is 10.8 Å². The van der Waals surface area contributed by atoms with Crippen molar-refractivity contribution in [3.8, 4) is 11.4 Å². The largest absolute Gasteiger partial charge is 0.246 e. The van der Waals surface area contributed by atoms with Crippen molar-refractivity contribution in [2.75, 3.05) is 0 Å². The average molecular weight is 324 g/mol. The molecule has 1 aliphatic rings. The summed E-state index contributed by atoms with van der Waals surface area (Å²) in [5.74, 6) is 0. The Hall–Kier alpha value is -2.74. The molecule has 2 heterocycles. The summed E-state index contributed by atoms with van der Waals surface area (Å²) in [6.07, 6.45) is 3.30. The minimum atomic E-state index is 1.07. The second-order valence-corrected chi connectivity index (χ2v) is 7.02. The molecule has 0 bridgehead atoms. The molecular formula is C23H20N2. The van der Waals surface area contributed by atoms with Crippen LogP contribution in [-0.4, -0.2) is 9.97 Å². The fourth-order valence-corrected chi connectivity index (χ4v) is 4.28. The number of benzene rings is 2. The van der Waals surface area contributed by atoms with Gasteiger partial charge in [0.15, 0.2) is 0 Å². The first-order valence-electron chi connectivity index (χ1n) is 9.01. The van der Waals surface area contributed by atoms with Crippen molar-refractivity contribution >= 4 is 21.8 Å². The first-order valence-corrected chi connectivity index (χ1v) is 9.01. The lowest BCUT2D eigenvalue weighted by Gasteiger charge is -2.15. The number of hydrogen-bond donors (Lipinski definition) is 0. The molecule has 2 nitrogen and oxygen atoms in total. The molecule has 2 aromatic heterocycles. The SMILES string of the molecule is Cc1c2c(nc3ccccc13)-c1nc3ccccc3c(C)c1CCC2. The van der Waals surface area contributed by atoms with Gasteiger partial charge in [-0.25, -0.2) is 9.97 Å². The second kappa shape index (κ2) is 5.38. The number of nitrogens with zero attached hydrogens (tertiary/aromatic N) is 2. The summed E-state index contributed by atoms with van der Waals surface area (Å²) < 4.78 is 0. The van der Waals surface area contributed by atoms with Crippen LogP contribution in [0, 0.1) is 13.8 Å². The summed E-state index contributed by atoms with van der Waals surface area (Å²) in [6.45, 7) is 4.48. The number of rotatable bonds is 0. The van der Waals surface area contributed by atoms with Crippen LogP contribution in [0.15, 0.2) is 48.5 Å². The van der Waals surface area contributed by atoms with Gasteiger partial charge in [-0.05, 0) is 67.5 Å². The molecule has 0 atom stereocenters. The summed E-state index contributed by atoms with van der Waals surface area (Å²) in [4.78, 5) is 10.1. The Labute approximate surface area is 147 Å². The lowest BCUT2D eigenvalue weighted by atomic mass is 9.96. The monoisotopic (exact) mass is 324 g/mol. The number of pyridine rings is 2. The Kier molecular flexibility index (Phi) is 3.14. The number of para-hydroxylation sites is 2. The number of aromatic nitrogens is 2. The highest BCUT2D eigenvalue weighted by Gasteiger charge is 2.22. The van der Waals surface area contributed by atoms with Crippen molar-refractivity contribution in [2.45, 2.75) is 33.1 Å². The fourth-order valence-electron chi connectivity index (χ4n) is 4.28. The molecule has 2 aromatic carbocycles. The third kappa shape index (κ3) is 2.10. The highest BCUT2D eigenvalue weighted by atomic mass is 14.8. The van der Waals surface area contributed by atoms with Crippen molar-refractivity contribution in [1.29, 1.82) is 0 Å². The smallest absolute Gasteiger partial charge is 0.0931 e. The fraction of sp³-hybridized carbons (Fsp3) is 0.217. The van der Waals surface area contributed by atoms with E-state index in [1.807, 2.05) is 0 Å². The maximum atomic E-state index is 5.06. The minimum absolute atomic E-state index is 1.07. The third-order valence-corrected chi connectivity index (χ3v) is 5.64. The van der Waals surface area contributed by atoms with E-state index >= 15 is 0 Å². The molecule has 0 radical (unpaired) electrons. The zero-order valence-electron chi connectivity index (χ0n) is 14.6. The standard InChI is InChI=1S/C23H20N2/c1-14-16-8-3-5-12-20(16)24-22-18(14)10-7-11-19-15(2)17-9-4-6-13-21(17)25-23(19)22/h3-6,8-9,12-13H,7,10-11H2,1-2H3. The molecule has 0 unspecified atom stereocenters. The molecule has 25 heavy (non-hydrogen) atoms. The zero-order chi connectivity index (χ0) is 17.0. The van der Waals surface area contributed by atoms with E-state index in [2.05, 4.69) is 62.4 Å². The molecule has 0 amide bonds. The van der Waals surface area contributed by atoms with Gasteiger partial charge in [-0.15, -0.1) is 0 Å². The van der Waals surface area contributed by atoms with E-state index in [4.69, 9.17) is 9.97 Å². The van der Waals surface area contributed by atoms with E-state index < -0.39 is 0 Å². The maximum absolute atomic E-state index is 5.06. The van der Waals surface area contributed by atoms with Crippen LogP contribution in [0.1, 0.15) is 28.7 Å². The molecule has 2 heteroatoms. The Morgan fingerprint density at radius 2 is 1.08 bits per heavy atom. The van der Waals surface area contributed by atoms with E-state index in [1.165, 1.54) is 33.0 Å². The van der Waals surface area contributed by atoms with Gasteiger partial charge < -0.3 is 0 Å². The summed E-state index contributed by atoms with van der Waals surface area (Å²) in [5.41, 5.74) is 9.80. The van der Waals surface area contributed by atoms with Crippen molar-refractivity contribution in [2.24, 2.45) is 0 Å². The first-order chi connectivity index (χ1) is 12.2. The lowest BCUT2D eigenvalue weighted by Crippen LogP contribution is -2.01. The van der Waals surface area contributed by atoms with Crippen LogP contribution in [0.3, 0.4) is 0 Å². The van der Waals surface area contributed by atoms with Gasteiger partial charge in [0.1, 0.15) is 0 Å². The van der Waals surface area contributed by atoms with Crippen molar-refractivity contribution in [1.82, 2.24) is 9.97 Å². The second-order valence-electron chi connectivity index (χ2n) is 7.02. The van der Waals surface area contributed by atoms with Crippen LogP contribution in [0.2, 0.25) is 0 Å². The van der Waals surface area contributed by atoms with Crippen LogP contribution in [-0.2, 0) is 12.8 Å². The summed E-state index contributed by atoms with van der Waals surface area (Å²) >= 11 is 0. The average Bonchev–Trinajstić information content (AvgIpc) is 2.83. The summed E-state index contributed by atoms with van der Waals surface area (Å²) in [6, 6.07) is 16.9. The molecule has 5 rings (SSSR count). The van der Waals surface area contributed by atoms with Crippen LogP contribution in [0.5, 0.6) is 0 Å². The van der Waals surface area contributed by atoms with Gasteiger partial charge in [-0.1, -0.05) is 36.4 Å². The van der Waals surface area contributed by atoms with Crippen molar-refractivity contribution < 1.29 is 0 Å². The summed E-state index contributed by atoms with van der Waals surface area (Å²) in [5, 5.41) is 2.53. The molecule has 0 N–H and O–H groups in total. The molecule has 0 aliphatic heterocycles. The lowest BCUT2D eigenvalue weighted by molar-refractivity contribution is 0.826. The van der Waals surface area contributed by atoms with Gasteiger partial charge in [0.05, 0.1) is 22.4 Å². The van der Waals surface area contributed by atoms with E-state index in [1.54, 1.807) is 0 Å². The Morgan fingerprint density at radius 1 is 0.640 bits per heavy atom. The molecule has 122 valence electrons. The highest BCUT2D eigenvalue weighted by molar-refractivity contribution is 5.90. The number of hydrogen-bond acceptors (Lipinski definition) is 2. The number of aryl methyl sites for hydroxylation is 2. The van der Waals surface area contributed by atoms with Crippen LogP contribution in [0.25, 0.3) is 33.2 Å².